The lowest BCUT2D eigenvalue weighted by molar-refractivity contribution is 0.298. The molecule has 1 aromatic carbocycles. The first-order chi connectivity index (χ1) is 11.6. The lowest BCUT2D eigenvalue weighted by Gasteiger charge is -2.14. The molecule has 24 heavy (non-hydrogen) atoms. The molecule has 5 nitrogen and oxygen atoms in total. The van der Waals surface area contributed by atoms with Crippen LogP contribution in [0.1, 0.15) is 18.7 Å². The van der Waals surface area contributed by atoms with Crippen molar-refractivity contribution >= 4 is 10.8 Å². The largest absolute Gasteiger partial charge is 0.489 e. The van der Waals surface area contributed by atoms with Gasteiger partial charge in [-0.1, -0.05) is 18.2 Å². The summed E-state index contributed by atoms with van der Waals surface area (Å²) in [5, 5.41) is 1.57. The second kappa shape index (κ2) is 5.74. The smallest absolute Gasteiger partial charge is 0.258 e. The molecular weight excluding hydrogens is 302 g/mol. The highest BCUT2D eigenvalue weighted by molar-refractivity contribution is 5.96. The highest BCUT2D eigenvalue weighted by Crippen LogP contribution is 2.34. The SMILES string of the molecule is Cc1ncc(OCC2CC2)c(-c2cn(C)c(=O)c3ccccc23)n1. The number of aryl methyl sites for hydroxylation is 2. The molecule has 0 amide bonds. The van der Waals surface area contributed by atoms with Crippen LogP contribution < -0.4 is 10.3 Å². The van der Waals surface area contributed by atoms with Gasteiger partial charge >= 0.3 is 0 Å². The van der Waals surface area contributed by atoms with Crippen molar-refractivity contribution in [3.63, 3.8) is 0 Å². The molecule has 2 heterocycles. The number of hydrogen-bond donors (Lipinski definition) is 0. The van der Waals surface area contributed by atoms with E-state index in [0.717, 1.165) is 16.6 Å². The third kappa shape index (κ3) is 2.66. The van der Waals surface area contributed by atoms with Gasteiger partial charge in [-0.15, -0.1) is 0 Å². The van der Waals surface area contributed by atoms with E-state index in [2.05, 4.69) is 9.97 Å². The maximum absolute atomic E-state index is 12.4. The van der Waals surface area contributed by atoms with Gasteiger partial charge in [0.25, 0.3) is 5.56 Å². The summed E-state index contributed by atoms with van der Waals surface area (Å²) in [5.41, 5.74) is 1.62. The summed E-state index contributed by atoms with van der Waals surface area (Å²) in [7, 11) is 1.76. The van der Waals surface area contributed by atoms with Crippen LogP contribution in [0.4, 0.5) is 0 Å². The highest BCUT2D eigenvalue weighted by Gasteiger charge is 2.23. The molecule has 0 bridgehead atoms. The first-order valence-corrected chi connectivity index (χ1v) is 8.18. The van der Waals surface area contributed by atoms with Gasteiger partial charge in [-0.25, -0.2) is 9.97 Å². The van der Waals surface area contributed by atoms with Gasteiger partial charge in [-0.2, -0.15) is 0 Å². The zero-order chi connectivity index (χ0) is 16.7. The minimum Gasteiger partial charge on any atom is -0.489 e. The van der Waals surface area contributed by atoms with Gasteiger partial charge in [-0.3, -0.25) is 4.79 Å². The molecule has 5 heteroatoms. The van der Waals surface area contributed by atoms with Gasteiger partial charge in [0.1, 0.15) is 11.5 Å². The summed E-state index contributed by atoms with van der Waals surface area (Å²) in [4.78, 5) is 21.3. The number of pyridine rings is 1. The highest BCUT2D eigenvalue weighted by atomic mass is 16.5. The molecule has 2 aromatic heterocycles. The number of aromatic nitrogens is 3. The third-order valence-electron chi connectivity index (χ3n) is 4.39. The second-order valence-corrected chi connectivity index (χ2v) is 6.39. The van der Waals surface area contributed by atoms with E-state index in [1.807, 2.05) is 37.4 Å². The van der Waals surface area contributed by atoms with Gasteiger partial charge in [0.15, 0.2) is 5.75 Å². The number of nitrogens with zero attached hydrogens (tertiary/aromatic N) is 3. The molecule has 1 aliphatic carbocycles. The predicted octanol–water partition coefficient (Wildman–Crippen LogP) is 3.09. The number of hydrogen-bond acceptors (Lipinski definition) is 4. The maximum Gasteiger partial charge on any atom is 0.258 e. The Hall–Kier alpha value is -2.69. The third-order valence-corrected chi connectivity index (χ3v) is 4.39. The van der Waals surface area contributed by atoms with E-state index in [4.69, 9.17) is 4.74 Å². The molecule has 4 rings (SSSR count). The monoisotopic (exact) mass is 321 g/mol. The molecule has 1 fully saturated rings. The van der Waals surface area contributed by atoms with E-state index < -0.39 is 0 Å². The summed E-state index contributed by atoms with van der Waals surface area (Å²) in [6.07, 6.45) is 6.02. The van der Waals surface area contributed by atoms with Crippen molar-refractivity contribution in [2.45, 2.75) is 19.8 Å². The topological polar surface area (TPSA) is 57.0 Å². The fraction of sp³-hybridized carbons (Fsp3) is 0.316. The van der Waals surface area contributed by atoms with Crippen molar-refractivity contribution in [1.29, 1.82) is 0 Å². The molecular formula is C19H19N3O2. The Morgan fingerprint density at radius 3 is 2.75 bits per heavy atom. The van der Waals surface area contributed by atoms with Crippen LogP contribution in [0.15, 0.2) is 41.5 Å². The lowest BCUT2D eigenvalue weighted by Crippen LogP contribution is -2.17. The van der Waals surface area contributed by atoms with Crippen LogP contribution in [0.3, 0.4) is 0 Å². The average Bonchev–Trinajstić information content (AvgIpc) is 3.41. The average molecular weight is 321 g/mol. The first kappa shape index (κ1) is 14.9. The van der Waals surface area contributed by atoms with E-state index in [1.165, 1.54) is 12.8 Å². The standard InChI is InChI=1S/C19H19N3O2/c1-12-20-9-17(24-11-13-7-8-13)18(21-12)16-10-22(2)19(23)15-6-4-3-5-14(15)16/h3-6,9-10,13H,7-8,11H2,1-2H3. The van der Waals surface area contributed by atoms with Crippen LogP contribution in [0, 0.1) is 12.8 Å². The van der Waals surface area contributed by atoms with Crippen molar-refractivity contribution in [1.82, 2.24) is 14.5 Å². The summed E-state index contributed by atoms with van der Waals surface area (Å²) in [6, 6.07) is 7.61. The van der Waals surface area contributed by atoms with Crippen molar-refractivity contribution in [3.8, 4) is 17.0 Å². The van der Waals surface area contributed by atoms with Crippen LogP contribution in [0.25, 0.3) is 22.0 Å². The molecule has 0 aliphatic heterocycles. The van der Waals surface area contributed by atoms with Crippen LogP contribution >= 0.6 is 0 Å². The summed E-state index contributed by atoms with van der Waals surface area (Å²) >= 11 is 0. The number of fused-ring (bicyclic) bond motifs is 1. The van der Waals surface area contributed by atoms with E-state index in [9.17, 15) is 4.79 Å². The summed E-state index contributed by atoms with van der Waals surface area (Å²) < 4.78 is 7.57. The van der Waals surface area contributed by atoms with Crippen molar-refractivity contribution in [3.05, 3.63) is 52.8 Å². The Kier molecular flexibility index (Phi) is 3.56. The Labute approximate surface area is 139 Å². The van der Waals surface area contributed by atoms with Crippen LogP contribution in [0.5, 0.6) is 5.75 Å². The molecule has 0 N–H and O–H groups in total. The summed E-state index contributed by atoms with van der Waals surface area (Å²) in [5.74, 6) is 2.01. The Morgan fingerprint density at radius 2 is 2.00 bits per heavy atom. The van der Waals surface area contributed by atoms with E-state index in [-0.39, 0.29) is 5.56 Å². The van der Waals surface area contributed by atoms with Crippen LogP contribution in [-0.4, -0.2) is 21.1 Å². The Morgan fingerprint density at radius 1 is 1.25 bits per heavy atom. The first-order valence-electron chi connectivity index (χ1n) is 8.18. The maximum atomic E-state index is 12.4. The van der Waals surface area contributed by atoms with E-state index in [1.54, 1.807) is 17.8 Å². The molecule has 122 valence electrons. The molecule has 0 atom stereocenters. The zero-order valence-electron chi connectivity index (χ0n) is 13.8. The van der Waals surface area contributed by atoms with Gasteiger partial charge in [-0.05, 0) is 37.1 Å². The molecule has 0 unspecified atom stereocenters. The number of benzene rings is 1. The minimum absolute atomic E-state index is 0.0134. The molecule has 1 aliphatic rings. The van der Waals surface area contributed by atoms with E-state index in [0.29, 0.717) is 29.5 Å². The van der Waals surface area contributed by atoms with Gasteiger partial charge in [0.2, 0.25) is 0 Å². The lowest BCUT2D eigenvalue weighted by atomic mass is 10.0. The number of ether oxygens (including phenoxy) is 1. The Balaban J connectivity index is 1.92. The van der Waals surface area contributed by atoms with Crippen molar-refractivity contribution < 1.29 is 4.74 Å². The zero-order valence-corrected chi connectivity index (χ0v) is 13.8. The minimum atomic E-state index is -0.0134. The van der Waals surface area contributed by atoms with Crippen LogP contribution in [-0.2, 0) is 7.05 Å². The fourth-order valence-corrected chi connectivity index (χ4v) is 2.85. The van der Waals surface area contributed by atoms with Gasteiger partial charge in [0.05, 0.1) is 12.8 Å². The van der Waals surface area contributed by atoms with Crippen molar-refractivity contribution in [2.75, 3.05) is 6.61 Å². The van der Waals surface area contributed by atoms with Gasteiger partial charge in [0, 0.05) is 24.2 Å². The van der Waals surface area contributed by atoms with Crippen LogP contribution in [0.2, 0.25) is 0 Å². The molecule has 0 radical (unpaired) electrons. The Bertz CT molecular complexity index is 974. The molecule has 3 aromatic rings. The van der Waals surface area contributed by atoms with Crippen molar-refractivity contribution in [2.24, 2.45) is 13.0 Å². The normalized spacial score (nSPS) is 14.1. The quantitative estimate of drug-likeness (QED) is 0.741. The molecule has 0 saturated heterocycles. The fourth-order valence-electron chi connectivity index (χ4n) is 2.85. The predicted molar refractivity (Wildman–Crippen MR) is 93.2 cm³/mol. The summed E-state index contributed by atoms with van der Waals surface area (Å²) in [6.45, 7) is 2.56. The van der Waals surface area contributed by atoms with E-state index >= 15 is 0 Å². The molecule has 0 spiro atoms. The second-order valence-electron chi connectivity index (χ2n) is 6.39. The van der Waals surface area contributed by atoms with Gasteiger partial charge < -0.3 is 9.30 Å². The molecule has 1 saturated carbocycles. The number of rotatable bonds is 4.